The number of ether oxygens (including phenoxy) is 1. The van der Waals surface area contributed by atoms with Crippen molar-refractivity contribution >= 4 is 27.3 Å². The average molecular weight is 479 g/mol. The molecule has 34 heavy (non-hydrogen) atoms. The summed E-state index contributed by atoms with van der Waals surface area (Å²) in [5.74, 6) is 0.662. The maximum Gasteiger partial charge on any atom is 0.254 e. The zero-order chi connectivity index (χ0) is 23.5. The van der Waals surface area contributed by atoms with Crippen molar-refractivity contribution in [3.05, 3.63) is 78.5 Å². The first-order valence-corrected chi connectivity index (χ1v) is 12.2. The fourth-order valence-corrected chi connectivity index (χ4v) is 5.16. The molecule has 0 radical (unpaired) electrons. The molecule has 4 aromatic rings. The van der Waals surface area contributed by atoms with Crippen LogP contribution in [0.2, 0.25) is 0 Å². The van der Waals surface area contributed by atoms with Gasteiger partial charge in [-0.05, 0) is 29.8 Å². The maximum absolute atomic E-state index is 13.4. The Morgan fingerprint density at radius 2 is 1.82 bits per heavy atom. The average Bonchev–Trinajstić information content (AvgIpc) is 3.36. The second kappa shape index (κ2) is 9.20. The minimum atomic E-state index is -3.77. The number of morpholine rings is 1. The molecule has 1 saturated heterocycles. The lowest BCUT2D eigenvalue weighted by Gasteiger charge is -2.29. The number of benzene rings is 1. The molecule has 0 bridgehead atoms. The van der Waals surface area contributed by atoms with E-state index in [4.69, 9.17) is 4.74 Å². The summed E-state index contributed by atoms with van der Waals surface area (Å²) in [6, 6.07) is 9.67. The van der Waals surface area contributed by atoms with Crippen LogP contribution in [0.3, 0.4) is 0 Å². The summed E-state index contributed by atoms with van der Waals surface area (Å²) in [7, 11) is -3.77. The number of fused-ring (bicyclic) bond motifs is 1. The summed E-state index contributed by atoms with van der Waals surface area (Å²) < 4.78 is 33.8. The molecule has 0 spiro atoms. The Bertz CT molecular complexity index is 1430. The van der Waals surface area contributed by atoms with Crippen LogP contribution < -0.4 is 10.2 Å². The quantitative estimate of drug-likeness (QED) is 0.445. The molecule has 3 aromatic heterocycles. The minimum absolute atomic E-state index is 0.167. The highest BCUT2D eigenvalue weighted by Gasteiger charge is 2.26. The number of carbonyl (C=O) groups excluding carboxylic acids is 1. The van der Waals surface area contributed by atoms with Crippen LogP contribution in [-0.2, 0) is 21.1 Å². The van der Waals surface area contributed by atoms with Gasteiger partial charge in [-0.1, -0.05) is 12.1 Å². The molecule has 1 aliphatic rings. The van der Waals surface area contributed by atoms with Crippen LogP contribution in [0.1, 0.15) is 15.9 Å². The molecular weight excluding hydrogens is 456 g/mol. The summed E-state index contributed by atoms with van der Waals surface area (Å²) in [5, 5.41) is 2.82. The predicted molar refractivity (Wildman–Crippen MR) is 123 cm³/mol. The smallest absolute Gasteiger partial charge is 0.254 e. The molecule has 0 saturated carbocycles. The van der Waals surface area contributed by atoms with Crippen molar-refractivity contribution in [2.24, 2.45) is 0 Å². The van der Waals surface area contributed by atoms with Crippen LogP contribution in [-0.4, -0.2) is 60.0 Å². The van der Waals surface area contributed by atoms with E-state index in [0.717, 1.165) is 5.56 Å². The molecule has 11 heteroatoms. The van der Waals surface area contributed by atoms with E-state index in [9.17, 15) is 13.2 Å². The summed E-state index contributed by atoms with van der Waals surface area (Å²) in [6.07, 6.45) is 8.03. The van der Waals surface area contributed by atoms with Gasteiger partial charge in [-0.15, -0.1) is 0 Å². The fraction of sp³-hybridized carbons (Fsp3) is 0.217. The number of pyridine rings is 1. The zero-order valence-corrected chi connectivity index (χ0v) is 19.0. The summed E-state index contributed by atoms with van der Waals surface area (Å²) in [5.41, 5.74) is 1.17. The molecule has 5 rings (SSSR count). The second-order valence-corrected chi connectivity index (χ2v) is 9.65. The number of aromatic nitrogens is 4. The third-order valence-electron chi connectivity index (χ3n) is 5.55. The first kappa shape index (κ1) is 22.0. The molecule has 4 heterocycles. The largest absolute Gasteiger partial charge is 0.378 e. The minimum Gasteiger partial charge on any atom is -0.378 e. The van der Waals surface area contributed by atoms with Crippen molar-refractivity contribution < 1.29 is 17.9 Å². The second-order valence-electron chi connectivity index (χ2n) is 7.73. The highest BCUT2D eigenvalue weighted by molar-refractivity contribution is 7.91. The monoisotopic (exact) mass is 478 g/mol. The van der Waals surface area contributed by atoms with Gasteiger partial charge < -0.3 is 15.0 Å². The van der Waals surface area contributed by atoms with Crippen LogP contribution in [0.15, 0.2) is 77.2 Å². The van der Waals surface area contributed by atoms with E-state index in [-0.39, 0.29) is 22.2 Å². The van der Waals surface area contributed by atoms with Gasteiger partial charge in [0.1, 0.15) is 10.7 Å². The third kappa shape index (κ3) is 4.35. The number of sulfone groups is 1. The van der Waals surface area contributed by atoms with Crippen molar-refractivity contribution in [1.82, 2.24) is 24.7 Å². The molecule has 1 fully saturated rings. The van der Waals surface area contributed by atoms with E-state index in [1.165, 1.54) is 6.20 Å². The number of hydrogen-bond acceptors (Lipinski definition) is 8. The number of rotatable bonds is 6. The Morgan fingerprint density at radius 1 is 1.03 bits per heavy atom. The Morgan fingerprint density at radius 3 is 2.62 bits per heavy atom. The standard InChI is InChI=1S/C23H22N6O4S/c30-22(18-15-27-23-25-8-9-29(23)16-18)26-14-17-3-5-19(6-4-17)34(31,32)20-2-1-7-24-21(20)28-10-12-33-13-11-28/h1-9,15-16H,10-14H2,(H,26,30). The zero-order valence-electron chi connectivity index (χ0n) is 18.2. The van der Waals surface area contributed by atoms with Crippen LogP contribution in [0.25, 0.3) is 5.78 Å². The Hall–Kier alpha value is -3.83. The Balaban J connectivity index is 1.30. The van der Waals surface area contributed by atoms with E-state index < -0.39 is 9.84 Å². The van der Waals surface area contributed by atoms with Crippen molar-refractivity contribution in [2.45, 2.75) is 16.3 Å². The van der Waals surface area contributed by atoms with E-state index in [1.807, 2.05) is 4.90 Å². The molecular formula is C23H22N6O4S. The number of anilines is 1. The van der Waals surface area contributed by atoms with E-state index in [2.05, 4.69) is 20.3 Å². The summed E-state index contributed by atoms with van der Waals surface area (Å²) in [6.45, 7) is 2.47. The molecule has 0 atom stereocenters. The van der Waals surface area contributed by atoms with Gasteiger partial charge in [0.15, 0.2) is 0 Å². The molecule has 1 aliphatic heterocycles. The normalized spacial score (nSPS) is 14.3. The number of nitrogens with zero attached hydrogens (tertiary/aromatic N) is 5. The van der Waals surface area contributed by atoms with Gasteiger partial charge in [-0.25, -0.2) is 23.4 Å². The maximum atomic E-state index is 13.4. The Labute approximate surface area is 196 Å². The number of carbonyl (C=O) groups is 1. The van der Waals surface area contributed by atoms with Crippen LogP contribution >= 0.6 is 0 Å². The molecule has 1 aromatic carbocycles. The number of hydrogen-bond donors (Lipinski definition) is 1. The topological polar surface area (TPSA) is 119 Å². The molecule has 10 nitrogen and oxygen atoms in total. The molecule has 1 N–H and O–H groups in total. The van der Waals surface area contributed by atoms with Gasteiger partial charge in [0, 0.05) is 50.6 Å². The van der Waals surface area contributed by atoms with E-state index in [0.29, 0.717) is 43.5 Å². The first-order valence-electron chi connectivity index (χ1n) is 10.7. The summed E-state index contributed by atoms with van der Waals surface area (Å²) >= 11 is 0. The van der Waals surface area contributed by atoms with Crippen molar-refractivity contribution in [1.29, 1.82) is 0 Å². The molecule has 0 unspecified atom stereocenters. The van der Waals surface area contributed by atoms with Crippen LogP contribution in [0.5, 0.6) is 0 Å². The highest BCUT2D eigenvalue weighted by Crippen LogP contribution is 2.29. The van der Waals surface area contributed by atoms with Gasteiger partial charge in [-0.2, -0.15) is 0 Å². The lowest BCUT2D eigenvalue weighted by atomic mass is 10.2. The van der Waals surface area contributed by atoms with Crippen LogP contribution in [0, 0.1) is 0 Å². The van der Waals surface area contributed by atoms with Gasteiger partial charge in [0.05, 0.1) is 23.7 Å². The number of imidazole rings is 1. The summed E-state index contributed by atoms with van der Waals surface area (Å²) in [4.78, 5) is 27.3. The lowest BCUT2D eigenvalue weighted by molar-refractivity contribution is 0.0950. The van der Waals surface area contributed by atoms with Crippen molar-refractivity contribution in [3.63, 3.8) is 0 Å². The lowest BCUT2D eigenvalue weighted by Crippen LogP contribution is -2.37. The SMILES string of the molecule is O=C(NCc1ccc(S(=O)(=O)c2cccnc2N2CCOCC2)cc1)c1cnc2nccn2c1. The van der Waals surface area contributed by atoms with E-state index in [1.54, 1.807) is 65.6 Å². The number of amides is 1. The van der Waals surface area contributed by atoms with Gasteiger partial charge >= 0.3 is 0 Å². The van der Waals surface area contributed by atoms with Gasteiger partial charge in [0.25, 0.3) is 5.91 Å². The predicted octanol–water partition coefficient (Wildman–Crippen LogP) is 1.72. The Kier molecular flexibility index (Phi) is 5.95. The third-order valence-corrected chi connectivity index (χ3v) is 7.34. The van der Waals surface area contributed by atoms with Crippen molar-refractivity contribution in [3.8, 4) is 0 Å². The molecule has 174 valence electrons. The highest BCUT2D eigenvalue weighted by atomic mass is 32.2. The van der Waals surface area contributed by atoms with Gasteiger partial charge in [-0.3, -0.25) is 9.20 Å². The van der Waals surface area contributed by atoms with Crippen molar-refractivity contribution in [2.75, 3.05) is 31.2 Å². The molecule has 0 aliphatic carbocycles. The van der Waals surface area contributed by atoms with E-state index >= 15 is 0 Å². The first-order chi connectivity index (χ1) is 16.5. The van der Waals surface area contributed by atoms with Crippen LogP contribution in [0.4, 0.5) is 5.82 Å². The van der Waals surface area contributed by atoms with Gasteiger partial charge in [0.2, 0.25) is 15.6 Å². The number of nitrogens with one attached hydrogen (secondary N) is 1. The molecule has 1 amide bonds. The fourth-order valence-electron chi connectivity index (χ4n) is 3.74.